The number of halogens is 1. The van der Waals surface area contributed by atoms with Crippen molar-refractivity contribution in [3.05, 3.63) is 57.4 Å². The first-order chi connectivity index (χ1) is 20.9. The first-order valence-corrected chi connectivity index (χ1v) is 15.5. The summed E-state index contributed by atoms with van der Waals surface area (Å²) in [6.07, 6.45) is 2.20. The highest BCUT2D eigenvalue weighted by Crippen LogP contribution is 2.40. The first kappa shape index (κ1) is 33.8. The Labute approximate surface area is 271 Å². The van der Waals surface area contributed by atoms with Crippen molar-refractivity contribution in [3.63, 3.8) is 0 Å². The van der Waals surface area contributed by atoms with Gasteiger partial charge in [0.15, 0.2) is 21.8 Å². The second-order valence-electron chi connectivity index (χ2n) is 13.5. The number of methoxy groups -OCH3 is 1. The van der Waals surface area contributed by atoms with E-state index in [0.29, 0.717) is 5.70 Å². The molecule has 1 aromatic heterocycles. The zero-order chi connectivity index (χ0) is 33.3. The summed E-state index contributed by atoms with van der Waals surface area (Å²) in [5.74, 6) is -1.23. The van der Waals surface area contributed by atoms with E-state index in [1.54, 1.807) is 27.7 Å². The zero-order valence-corrected chi connectivity index (χ0v) is 28.4. The van der Waals surface area contributed by atoms with Gasteiger partial charge in [0.25, 0.3) is 0 Å². The first-order valence-electron chi connectivity index (χ1n) is 14.7. The van der Waals surface area contributed by atoms with Crippen molar-refractivity contribution in [2.75, 3.05) is 7.11 Å². The summed E-state index contributed by atoms with van der Waals surface area (Å²) in [7, 11) is 1.24. The number of ether oxygens (including phenoxy) is 3. The number of hydrogen-bond donors (Lipinski definition) is 3. The summed E-state index contributed by atoms with van der Waals surface area (Å²) in [4.78, 5) is 43.1. The Morgan fingerprint density at radius 2 is 1.93 bits per heavy atom. The number of hydrogen-bond acceptors (Lipinski definition) is 10. The molecule has 2 heterocycles. The lowest BCUT2D eigenvalue weighted by molar-refractivity contribution is -0.128. The topological polar surface area (TPSA) is 165 Å². The van der Waals surface area contributed by atoms with Crippen molar-refractivity contribution in [1.29, 1.82) is 5.26 Å². The van der Waals surface area contributed by atoms with Gasteiger partial charge in [0.1, 0.15) is 17.9 Å². The molecule has 242 valence electrons. The normalized spacial score (nSPS) is 20.7. The fourth-order valence-electron chi connectivity index (χ4n) is 5.65. The lowest BCUT2D eigenvalue weighted by Crippen LogP contribution is -2.65. The van der Waals surface area contributed by atoms with Gasteiger partial charge in [0.2, 0.25) is 11.8 Å². The summed E-state index contributed by atoms with van der Waals surface area (Å²) in [6, 6.07) is 6.52. The van der Waals surface area contributed by atoms with E-state index in [9.17, 15) is 19.6 Å². The van der Waals surface area contributed by atoms with Gasteiger partial charge in [-0.2, -0.15) is 5.26 Å². The van der Waals surface area contributed by atoms with Gasteiger partial charge < -0.3 is 34.6 Å². The van der Waals surface area contributed by atoms with Crippen LogP contribution in [0.4, 0.5) is 4.79 Å². The highest BCUT2D eigenvalue weighted by molar-refractivity contribution is 9.11. The highest BCUT2D eigenvalue weighted by Gasteiger charge is 2.50. The SMILES string of the molecule is COC(=O)c1coc(C2=C(Br)OC(C)([C@@H](NC(=O)[C@H](Cc3ccc4c(c3)C(C#N)CC4)NC(=O)OC(C)(C)C)C(C)(C)C)N2)n1. The predicted octanol–water partition coefficient (Wildman–Crippen LogP) is 5.04. The third-order valence-electron chi connectivity index (χ3n) is 7.58. The van der Waals surface area contributed by atoms with Gasteiger partial charge in [-0.15, -0.1) is 0 Å². The van der Waals surface area contributed by atoms with E-state index >= 15 is 0 Å². The van der Waals surface area contributed by atoms with Crippen molar-refractivity contribution < 1.29 is 33.0 Å². The molecule has 2 aliphatic rings. The van der Waals surface area contributed by atoms with Crippen molar-refractivity contribution in [1.82, 2.24) is 20.9 Å². The maximum absolute atomic E-state index is 14.1. The molecule has 0 fully saturated rings. The lowest BCUT2D eigenvalue weighted by atomic mass is 9.80. The van der Waals surface area contributed by atoms with E-state index in [1.165, 1.54) is 13.4 Å². The number of benzene rings is 1. The third kappa shape index (κ3) is 7.79. The molecule has 2 aromatic rings. The number of carbonyl (C=O) groups excluding carboxylic acids is 3. The van der Waals surface area contributed by atoms with Gasteiger partial charge in [-0.05, 0) is 78.6 Å². The number of nitrogens with one attached hydrogen (secondary N) is 3. The number of nitrogens with zero attached hydrogens (tertiary/aromatic N) is 2. The molecule has 0 spiro atoms. The summed E-state index contributed by atoms with van der Waals surface area (Å²) < 4.78 is 22.2. The van der Waals surface area contributed by atoms with Crippen molar-refractivity contribution in [2.45, 2.75) is 97.1 Å². The largest absolute Gasteiger partial charge is 0.464 e. The predicted molar refractivity (Wildman–Crippen MR) is 168 cm³/mol. The molecular weight excluding hydrogens is 646 g/mol. The Hall–Kier alpha value is -4.05. The van der Waals surface area contributed by atoms with E-state index < -0.39 is 46.8 Å². The van der Waals surface area contributed by atoms with E-state index in [0.717, 1.165) is 29.5 Å². The number of alkyl carbamates (subject to hydrolysis) is 1. The van der Waals surface area contributed by atoms with Crippen LogP contribution < -0.4 is 16.0 Å². The van der Waals surface area contributed by atoms with Crippen LogP contribution in [0.3, 0.4) is 0 Å². The molecule has 0 radical (unpaired) electrons. The van der Waals surface area contributed by atoms with Gasteiger partial charge in [-0.25, -0.2) is 14.6 Å². The third-order valence-corrected chi connectivity index (χ3v) is 8.14. The molecule has 1 aliphatic heterocycles. The second kappa shape index (κ2) is 12.7. The van der Waals surface area contributed by atoms with Gasteiger partial charge in [-0.3, -0.25) is 4.79 Å². The van der Waals surface area contributed by atoms with E-state index in [1.807, 2.05) is 39.0 Å². The molecule has 1 aromatic carbocycles. The van der Waals surface area contributed by atoms with Crippen LogP contribution in [0.1, 0.15) is 93.9 Å². The molecule has 1 aliphatic carbocycles. The maximum Gasteiger partial charge on any atom is 0.408 e. The minimum atomic E-state index is -1.22. The number of rotatable bonds is 8. The van der Waals surface area contributed by atoms with Crippen LogP contribution in [0.25, 0.3) is 5.70 Å². The van der Waals surface area contributed by atoms with E-state index in [-0.39, 0.29) is 28.6 Å². The van der Waals surface area contributed by atoms with Gasteiger partial charge >= 0.3 is 12.1 Å². The van der Waals surface area contributed by atoms with Crippen LogP contribution in [0.2, 0.25) is 0 Å². The minimum absolute atomic E-state index is 0.0138. The number of nitriles is 1. The Bertz CT molecular complexity index is 1550. The van der Waals surface area contributed by atoms with Gasteiger partial charge in [0, 0.05) is 6.42 Å². The van der Waals surface area contributed by atoms with E-state index in [2.05, 4.69) is 42.9 Å². The number of fused-ring (bicyclic) bond motifs is 1. The number of aryl methyl sites for hydroxylation is 1. The molecule has 2 amide bonds. The fraction of sp³-hybridized carbons (Fsp3) is 0.531. The summed E-state index contributed by atoms with van der Waals surface area (Å²) >= 11 is 3.42. The average Bonchev–Trinajstić information content (AvgIpc) is 3.66. The number of oxazole rings is 1. The van der Waals surface area contributed by atoms with Gasteiger partial charge in [-0.1, -0.05) is 39.0 Å². The van der Waals surface area contributed by atoms with Crippen LogP contribution in [-0.4, -0.2) is 53.5 Å². The molecule has 0 saturated carbocycles. The van der Waals surface area contributed by atoms with Crippen LogP contribution in [0, 0.1) is 16.7 Å². The molecule has 4 atom stereocenters. The van der Waals surface area contributed by atoms with Crippen LogP contribution in [0.15, 0.2) is 33.5 Å². The molecule has 3 N–H and O–H groups in total. The number of amides is 2. The Morgan fingerprint density at radius 3 is 2.56 bits per heavy atom. The van der Waals surface area contributed by atoms with Crippen molar-refractivity contribution >= 4 is 39.6 Å². The highest BCUT2D eigenvalue weighted by atomic mass is 79.9. The Kier molecular flexibility index (Phi) is 9.59. The lowest BCUT2D eigenvalue weighted by Gasteiger charge is -2.43. The smallest absolute Gasteiger partial charge is 0.408 e. The summed E-state index contributed by atoms with van der Waals surface area (Å²) in [5.41, 5.74) is 0.645. The minimum Gasteiger partial charge on any atom is -0.464 e. The van der Waals surface area contributed by atoms with Crippen molar-refractivity contribution in [3.8, 4) is 6.07 Å². The molecule has 4 rings (SSSR count). The van der Waals surface area contributed by atoms with Crippen LogP contribution in [-0.2, 0) is 31.8 Å². The molecule has 13 heteroatoms. The van der Waals surface area contributed by atoms with Crippen molar-refractivity contribution in [2.24, 2.45) is 5.41 Å². The number of esters is 1. The number of aromatic nitrogens is 1. The molecule has 2 unspecified atom stereocenters. The molecular formula is C32H40BrN5O7. The Morgan fingerprint density at radius 1 is 1.22 bits per heavy atom. The quantitative estimate of drug-likeness (QED) is 0.321. The zero-order valence-electron chi connectivity index (χ0n) is 26.8. The molecule has 0 saturated heterocycles. The number of carbonyl (C=O) groups is 3. The average molecular weight is 687 g/mol. The van der Waals surface area contributed by atoms with Crippen LogP contribution >= 0.6 is 15.9 Å². The molecule has 45 heavy (non-hydrogen) atoms. The molecule has 0 bridgehead atoms. The van der Waals surface area contributed by atoms with Gasteiger partial charge in [0.05, 0.1) is 25.1 Å². The van der Waals surface area contributed by atoms with Crippen LogP contribution in [0.5, 0.6) is 0 Å². The molecule has 12 nitrogen and oxygen atoms in total. The summed E-state index contributed by atoms with van der Waals surface area (Å²) in [6.45, 7) is 12.8. The second-order valence-corrected chi connectivity index (χ2v) is 14.2. The maximum atomic E-state index is 14.1. The van der Waals surface area contributed by atoms with E-state index in [4.69, 9.17) is 18.6 Å². The monoisotopic (exact) mass is 685 g/mol. The standard InChI is InChI=1S/C32H40BrN5O7/c1-30(2,3)28(32(7)38-23(24(33)44-32)26-35-22(16-43-26)27(40)42-8)37-25(39)21(36-29(41)45-31(4,5)6)14-17-9-10-18-11-12-19(15-34)20(18)13-17/h9-10,13,16,19,21,28,38H,11-12,14H2,1-8H3,(H,36,41)(H,37,39)/t19?,21-,28-,32?/m0/s1. The Balaban J connectivity index is 1.60. The summed E-state index contributed by atoms with van der Waals surface area (Å²) in [5, 5.41) is 18.7. The fourth-order valence-corrected chi connectivity index (χ4v) is 6.25.